The summed E-state index contributed by atoms with van der Waals surface area (Å²) < 4.78 is 43.5. The number of carbonyl (C=O) groups is 1. The molecule has 0 amide bonds. The highest BCUT2D eigenvalue weighted by Crippen LogP contribution is 2.33. The number of anilines is 1. The summed E-state index contributed by atoms with van der Waals surface area (Å²) in [5, 5.41) is 4.05. The van der Waals surface area contributed by atoms with Gasteiger partial charge in [0.25, 0.3) is 0 Å². The molecule has 1 aliphatic rings. The van der Waals surface area contributed by atoms with Gasteiger partial charge in [0.1, 0.15) is 0 Å². The van der Waals surface area contributed by atoms with Crippen molar-refractivity contribution in [1.82, 2.24) is 4.90 Å². The lowest BCUT2D eigenvalue weighted by atomic mass is 10.1. The third kappa shape index (κ3) is 5.26. The highest BCUT2D eigenvalue weighted by molar-refractivity contribution is 6.35. The van der Waals surface area contributed by atoms with Crippen LogP contribution in [-0.2, 0) is 15.7 Å². The van der Waals surface area contributed by atoms with E-state index in [1.165, 1.54) is 0 Å². The Bertz CT molecular complexity index is 644. The van der Waals surface area contributed by atoms with Crippen LogP contribution in [0.25, 0.3) is 0 Å². The monoisotopic (exact) mass is 377 g/mol. The molecule has 1 saturated heterocycles. The number of ether oxygens (including phenoxy) is 1. The predicted molar refractivity (Wildman–Crippen MR) is 89.6 cm³/mol. The van der Waals surface area contributed by atoms with E-state index in [0.717, 1.165) is 37.5 Å². The minimum Gasteiger partial charge on any atom is -0.460 e. The van der Waals surface area contributed by atoms with Gasteiger partial charge >= 0.3 is 12.1 Å². The van der Waals surface area contributed by atoms with Gasteiger partial charge in [-0.05, 0) is 44.4 Å². The maximum atomic E-state index is 12.8. The zero-order valence-electron chi connectivity index (χ0n) is 13.7. The maximum Gasteiger partial charge on any atom is 0.416 e. The SMILES string of the molecule is CCOC(=O)/C(=N/Nc1cc(C(F)(F)F)ccc1Cl)N1CCCCC1. The van der Waals surface area contributed by atoms with Crippen molar-refractivity contribution >= 4 is 29.1 Å². The molecule has 1 N–H and O–H groups in total. The van der Waals surface area contributed by atoms with E-state index >= 15 is 0 Å². The maximum absolute atomic E-state index is 12.8. The van der Waals surface area contributed by atoms with Gasteiger partial charge in [0.2, 0.25) is 5.84 Å². The number of carbonyl (C=O) groups excluding carboxylic acids is 1. The normalized spacial score (nSPS) is 15.9. The Hall–Kier alpha value is -1.96. The molecule has 2 rings (SSSR count). The average molecular weight is 378 g/mol. The number of benzene rings is 1. The summed E-state index contributed by atoms with van der Waals surface area (Å²) >= 11 is 5.93. The average Bonchev–Trinajstić information content (AvgIpc) is 2.57. The number of nitrogens with zero attached hydrogens (tertiary/aromatic N) is 2. The van der Waals surface area contributed by atoms with Crippen LogP contribution in [0.2, 0.25) is 5.02 Å². The van der Waals surface area contributed by atoms with Crippen LogP contribution in [-0.4, -0.2) is 36.4 Å². The lowest BCUT2D eigenvalue weighted by Crippen LogP contribution is -2.41. The summed E-state index contributed by atoms with van der Waals surface area (Å²) in [6.45, 7) is 3.12. The lowest BCUT2D eigenvalue weighted by Gasteiger charge is -2.28. The van der Waals surface area contributed by atoms with Gasteiger partial charge in [-0.15, -0.1) is 5.10 Å². The molecule has 1 heterocycles. The number of likely N-dealkylation sites (tertiary alicyclic amines) is 1. The molecule has 5 nitrogen and oxygen atoms in total. The fourth-order valence-corrected chi connectivity index (χ4v) is 2.61. The van der Waals surface area contributed by atoms with Gasteiger partial charge in [-0.25, -0.2) is 4.79 Å². The summed E-state index contributed by atoms with van der Waals surface area (Å²) in [5.41, 5.74) is 1.59. The van der Waals surface area contributed by atoms with Crippen LogP contribution >= 0.6 is 11.6 Å². The Morgan fingerprint density at radius 1 is 1.32 bits per heavy atom. The molecule has 138 valence electrons. The minimum absolute atomic E-state index is 0.0321. The first kappa shape index (κ1) is 19.4. The van der Waals surface area contributed by atoms with Gasteiger partial charge in [0.05, 0.1) is 22.9 Å². The second kappa shape index (κ2) is 8.42. The second-order valence-corrected chi connectivity index (χ2v) is 5.91. The van der Waals surface area contributed by atoms with Gasteiger partial charge in [0, 0.05) is 13.1 Å². The van der Waals surface area contributed by atoms with Crippen LogP contribution in [0.3, 0.4) is 0 Å². The van der Waals surface area contributed by atoms with Crippen LogP contribution in [0.15, 0.2) is 23.3 Å². The molecule has 0 aromatic heterocycles. The Morgan fingerprint density at radius 3 is 2.60 bits per heavy atom. The third-order valence-electron chi connectivity index (χ3n) is 3.69. The van der Waals surface area contributed by atoms with Gasteiger partial charge in [0.15, 0.2) is 0 Å². The fraction of sp³-hybridized carbons (Fsp3) is 0.500. The number of amidine groups is 1. The molecule has 0 spiro atoms. The number of esters is 1. The van der Waals surface area contributed by atoms with E-state index in [4.69, 9.17) is 16.3 Å². The number of halogens is 4. The van der Waals surface area contributed by atoms with E-state index in [0.29, 0.717) is 13.1 Å². The van der Waals surface area contributed by atoms with E-state index in [1.807, 2.05) is 0 Å². The number of hydrazone groups is 1. The Morgan fingerprint density at radius 2 is 2.00 bits per heavy atom. The van der Waals surface area contributed by atoms with Gasteiger partial charge in [-0.3, -0.25) is 5.43 Å². The zero-order valence-corrected chi connectivity index (χ0v) is 14.5. The van der Waals surface area contributed by atoms with Crippen LogP contribution in [0, 0.1) is 0 Å². The first-order valence-corrected chi connectivity index (χ1v) is 8.33. The van der Waals surface area contributed by atoms with Crippen LogP contribution in [0.4, 0.5) is 18.9 Å². The highest BCUT2D eigenvalue weighted by Gasteiger charge is 2.31. The number of hydrogen-bond acceptors (Lipinski definition) is 4. The molecule has 25 heavy (non-hydrogen) atoms. The van der Waals surface area contributed by atoms with Gasteiger partial charge < -0.3 is 9.64 Å². The smallest absolute Gasteiger partial charge is 0.416 e. The predicted octanol–water partition coefficient (Wildman–Crippen LogP) is 4.13. The molecule has 0 unspecified atom stereocenters. The van der Waals surface area contributed by atoms with E-state index in [2.05, 4.69) is 10.5 Å². The fourth-order valence-electron chi connectivity index (χ4n) is 2.45. The van der Waals surface area contributed by atoms with Gasteiger partial charge in [-0.1, -0.05) is 11.6 Å². The first-order chi connectivity index (χ1) is 11.8. The van der Waals surface area contributed by atoms with Crippen molar-refractivity contribution in [2.45, 2.75) is 32.4 Å². The van der Waals surface area contributed by atoms with Crippen molar-refractivity contribution in [3.05, 3.63) is 28.8 Å². The van der Waals surface area contributed by atoms with Crippen LogP contribution < -0.4 is 5.43 Å². The lowest BCUT2D eigenvalue weighted by molar-refractivity contribution is -0.138. The molecule has 0 radical (unpaired) electrons. The van der Waals surface area contributed by atoms with Crippen molar-refractivity contribution in [2.75, 3.05) is 25.1 Å². The number of alkyl halides is 3. The largest absolute Gasteiger partial charge is 0.460 e. The van der Waals surface area contributed by atoms with E-state index in [-0.39, 0.29) is 23.2 Å². The topological polar surface area (TPSA) is 53.9 Å². The second-order valence-electron chi connectivity index (χ2n) is 5.51. The molecular formula is C16H19ClF3N3O2. The number of hydrogen-bond donors (Lipinski definition) is 1. The van der Waals surface area contributed by atoms with E-state index in [1.54, 1.807) is 11.8 Å². The van der Waals surface area contributed by atoms with E-state index < -0.39 is 17.7 Å². The first-order valence-electron chi connectivity index (χ1n) is 7.95. The van der Waals surface area contributed by atoms with Crippen molar-refractivity contribution in [2.24, 2.45) is 5.10 Å². The Labute approximate surface area is 148 Å². The van der Waals surface area contributed by atoms with Crippen molar-refractivity contribution < 1.29 is 22.7 Å². The van der Waals surface area contributed by atoms with Crippen LogP contribution in [0.1, 0.15) is 31.7 Å². The quantitative estimate of drug-likeness (QED) is 0.372. The molecule has 0 atom stereocenters. The summed E-state index contributed by atoms with van der Waals surface area (Å²) in [5.74, 6) is -0.588. The molecule has 1 aromatic carbocycles. The van der Waals surface area contributed by atoms with Crippen LogP contribution in [0.5, 0.6) is 0 Å². The Kier molecular flexibility index (Phi) is 6.52. The molecule has 0 saturated carbocycles. The van der Waals surface area contributed by atoms with E-state index in [9.17, 15) is 18.0 Å². The molecule has 1 fully saturated rings. The number of nitrogens with one attached hydrogen (secondary N) is 1. The van der Waals surface area contributed by atoms with Gasteiger partial charge in [-0.2, -0.15) is 13.2 Å². The molecule has 1 aromatic rings. The summed E-state index contributed by atoms with van der Waals surface area (Å²) in [6, 6.07) is 2.87. The highest BCUT2D eigenvalue weighted by atomic mass is 35.5. The molecule has 1 aliphatic heterocycles. The van der Waals surface area contributed by atoms with Crippen molar-refractivity contribution in [3.8, 4) is 0 Å². The standard InChI is InChI=1S/C16H19ClF3N3O2/c1-2-25-15(24)14(23-8-4-3-5-9-23)22-21-13-10-11(16(18,19)20)6-7-12(13)17/h6-7,10,21H,2-5,8-9H2,1H3/b22-14-. The molecule has 0 aliphatic carbocycles. The number of rotatable bonds is 3. The number of piperidine rings is 1. The Balaban J connectivity index is 2.26. The molecule has 9 heteroatoms. The zero-order chi connectivity index (χ0) is 18.4. The summed E-state index contributed by atoms with van der Waals surface area (Å²) in [6.07, 6.45) is -1.63. The molecule has 0 bridgehead atoms. The van der Waals surface area contributed by atoms with Crippen molar-refractivity contribution in [3.63, 3.8) is 0 Å². The summed E-state index contributed by atoms with van der Waals surface area (Å²) in [4.78, 5) is 13.9. The third-order valence-corrected chi connectivity index (χ3v) is 4.02. The minimum atomic E-state index is -4.50. The summed E-state index contributed by atoms with van der Waals surface area (Å²) in [7, 11) is 0. The molecular weight excluding hydrogens is 359 g/mol. The van der Waals surface area contributed by atoms with Crippen molar-refractivity contribution in [1.29, 1.82) is 0 Å².